The fourth-order valence-corrected chi connectivity index (χ4v) is 4.74. The van der Waals surface area contributed by atoms with Crippen molar-refractivity contribution in [2.45, 2.75) is 19.8 Å². The average molecular weight is 383 g/mol. The van der Waals surface area contributed by atoms with Crippen LogP contribution < -0.4 is 0 Å². The Morgan fingerprint density at radius 1 is 1.26 bits per heavy atom. The molecule has 5 nitrogen and oxygen atoms in total. The van der Waals surface area contributed by atoms with Crippen molar-refractivity contribution in [3.05, 3.63) is 47.6 Å². The van der Waals surface area contributed by atoms with Gasteiger partial charge in [-0.3, -0.25) is 9.20 Å². The zero-order valence-electron chi connectivity index (χ0n) is 16.0. The molecule has 0 aliphatic carbocycles. The van der Waals surface area contributed by atoms with E-state index in [0.29, 0.717) is 11.6 Å². The molecule has 1 atom stereocenters. The Labute approximate surface area is 164 Å². The molecule has 1 fully saturated rings. The van der Waals surface area contributed by atoms with E-state index in [0.717, 1.165) is 29.3 Å². The number of aromatic nitrogens is 2. The molecule has 4 rings (SSSR count). The van der Waals surface area contributed by atoms with E-state index in [2.05, 4.69) is 16.8 Å². The van der Waals surface area contributed by atoms with Crippen molar-refractivity contribution >= 4 is 22.2 Å². The number of imidazole rings is 1. The molecule has 1 aliphatic rings. The summed E-state index contributed by atoms with van der Waals surface area (Å²) in [7, 11) is 1.90. The maximum atomic E-state index is 13.0. The molecule has 1 aromatic carbocycles. The zero-order valence-corrected chi connectivity index (χ0v) is 16.8. The van der Waals surface area contributed by atoms with Crippen LogP contribution in [0.3, 0.4) is 0 Å². The number of hydrogen-bond acceptors (Lipinski definition) is 4. The molecule has 1 unspecified atom stereocenters. The first-order valence-corrected chi connectivity index (χ1v) is 10.5. The highest BCUT2D eigenvalue weighted by Crippen LogP contribution is 2.24. The lowest BCUT2D eigenvalue weighted by Gasteiger charge is -2.25. The molecule has 2 aromatic heterocycles. The van der Waals surface area contributed by atoms with Crippen molar-refractivity contribution in [3.63, 3.8) is 0 Å². The van der Waals surface area contributed by atoms with Gasteiger partial charge < -0.3 is 9.80 Å². The zero-order chi connectivity index (χ0) is 18.8. The number of amides is 1. The van der Waals surface area contributed by atoms with Gasteiger partial charge in [0, 0.05) is 37.3 Å². The summed E-state index contributed by atoms with van der Waals surface area (Å²) in [6.45, 7) is 6.47. The lowest BCUT2D eigenvalue weighted by Crippen LogP contribution is -2.36. The first kappa shape index (κ1) is 18.2. The van der Waals surface area contributed by atoms with Gasteiger partial charge in [0.1, 0.15) is 5.69 Å². The normalized spacial score (nSPS) is 16.1. The van der Waals surface area contributed by atoms with Gasteiger partial charge in [-0.25, -0.2) is 4.98 Å². The topological polar surface area (TPSA) is 40.8 Å². The van der Waals surface area contributed by atoms with E-state index >= 15 is 0 Å². The van der Waals surface area contributed by atoms with Crippen LogP contribution in [-0.2, 0) is 0 Å². The largest absolute Gasteiger partial charge is 0.340 e. The summed E-state index contributed by atoms with van der Waals surface area (Å²) in [4.78, 5) is 22.9. The maximum absolute atomic E-state index is 13.0. The summed E-state index contributed by atoms with van der Waals surface area (Å²) >= 11 is 1.52. The Morgan fingerprint density at radius 2 is 2.00 bits per heavy atom. The first-order chi connectivity index (χ1) is 13.1. The van der Waals surface area contributed by atoms with E-state index in [-0.39, 0.29) is 5.91 Å². The van der Waals surface area contributed by atoms with Crippen LogP contribution in [0.2, 0.25) is 0 Å². The van der Waals surface area contributed by atoms with Crippen molar-refractivity contribution in [2.24, 2.45) is 5.92 Å². The Kier molecular flexibility index (Phi) is 5.27. The summed E-state index contributed by atoms with van der Waals surface area (Å²) in [5.41, 5.74) is 2.67. The van der Waals surface area contributed by atoms with Gasteiger partial charge in [0.05, 0.1) is 5.69 Å². The Balaban J connectivity index is 1.47. The second-order valence-electron chi connectivity index (χ2n) is 7.56. The second kappa shape index (κ2) is 7.82. The molecule has 0 bridgehead atoms. The third kappa shape index (κ3) is 3.92. The highest BCUT2D eigenvalue weighted by molar-refractivity contribution is 7.15. The third-order valence-electron chi connectivity index (χ3n) is 5.20. The first-order valence-electron chi connectivity index (χ1n) is 9.61. The summed E-state index contributed by atoms with van der Waals surface area (Å²) < 4.78 is 1.93. The summed E-state index contributed by atoms with van der Waals surface area (Å²) in [6.07, 6.45) is 4.58. The number of fused-ring (bicyclic) bond motifs is 1. The number of nitrogens with zero attached hydrogens (tertiary/aromatic N) is 4. The average Bonchev–Trinajstić information content (AvgIpc) is 3.38. The minimum absolute atomic E-state index is 0.0616. The van der Waals surface area contributed by atoms with Gasteiger partial charge in [-0.2, -0.15) is 0 Å². The second-order valence-corrected chi connectivity index (χ2v) is 8.40. The van der Waals surface area contributed by atoms with Crippen LogP contribution in [0.1, 0.15) is 30.3 Å². The Bertz CT molecular complexity index is 911. The number of carbonyl (C=O) groups is 1. The van der Waals surface area contributed by atoms with E-state index in [1.54, 1.807) is 0 Å². The molecule has 0 N–H and O–H groups in total. The van der Waals surface area contributed by atoms with Gasteiger partial charge in [0.15, 0.2) is 4.96 Å². The smallest absolute Gasteiger partial charge is 0.271 e. The maximum Gasteiger partial charge on any atom is 0.271 e. The number of thiazole rings is 1. The van der Waals surface area contributed by atoms with Gasteiger partial charge in [-0.1, -0.05) is 37.3 Å². The number of rotatable bonds is 6. The fourth-order valence-electron chi connectivity index (χ4n) is 3.90. The van der Waals surface area contributed by atoms with Gasteiger partial charge in [0.25, 0.3) is 5.91 Å². The molecule has 3 aromatic rings. The summed E-state index contributed by atoms with van der Waals surface area (Å²) in [5.74, 6) is 0.528. The van der Waals surface area contributed by atoms with Crippen molar-refractivity contribution in [3.8, 4) is 11.3 Å². The molecular formula is C21H26N4OS. The van der Waals surface area contributed by atoms with Crippen molar-refractivity contribution in [2.75, 3.05) is 33.2 Å². The number of benzene rings is 1. The molecule has 1 aliphatic heterocycles. The van der Waals surface area contributed by atoms with Crippen LogP contribution in [0.15, 0.2) is 41.9 Å². The van der Waals surface area contributed by atoms with E-state index in [1.165, 1.54) is 37.3 Å². The minimum atomic E-state index is 0.0616. The van der Waals surface area contributed by atoms with E-state index < -0.39 is 0 Å². The van der Waals surface area contributed by atoms with Crippen LogP contribution in [0, 0.1) is 5.92 Å². The molecule has 6 heteroatoms. The van der Waals surface area contributed by atoms with Gasteiger partial charge in [-0.15, -0.1) is 11.3 Å². The SMILES string of the molecule is CC(CN1CCCC1)CN(C)C(=O)c1csc2nc(-c3ccccc3)cn12. The molecule has 3 heterocycles. The number of likely N-dealkylation sites (tertiary alicyclic amines) is 1. The highest BCUT2D eigenvalue weighted by Gasteiger charge is 2.21. The lowest BCUT2D eigenvalue weighted by molar-refractivity contribution is 0.0760. The molecule has 27 heavy (non-hydrogen) atoms. The molecule has 142 valence electrons. The molecule has 1 saturated heterocycles. The van der Waals surface area contributed by atoms with Crippen molar-refractivity contribution < 1.29 is 4.79 Å². The van der Waals surface area contributed by atoms with Gasteiger partial charge >= 0.3 is 0 Å². The molecular weight excluding hydrogens is 356 g/mol. The molecule has 0 spiro atoms. The van der Waals surface area contributed by atoms with Gasteiger partial charge in [-0.05, 0) is 31.8 Å². The van der Waals surface area contributed by atoms with E-state index in [1.807, 2.05) is 58.3 Å². The molecule has 1 amide bonds. The fraction of sp³-hybridized carbons (Fsp3) is 0.429. The standard InChI is InChI=1S/C21H26N4OS/c1-16(13-24-10-6-7-11-24)12-23(2)20(26)19-15-27-21-22-18(14-25(19)21)17-8-4-3-5-9-17/h3-5,8-9,14-16H,6-7,10-13H2,1-2H3. The Morgan fingerprint density at radius 3 is 2.74 bits per heavy atom. The summed E-state index contributed by atoms with van der Waals surface area (Å²) in [6, 6.07) is 10.1. The van der Waals surface area contributed by atoms with Gasteiger partial charge in [0.2, 0.25) is 0 Å². The summed E-state index contributed by atoms with van der Waals surface area (Å²) in [5, 5.41) is 1.92. The molecule has 0 saturated carbocycles. The number of hydrogen-bond donors (Lipinski definition) is 0. The van der Waals surface area contributed by atoms with Crippen LogP contribution >= 0.6 is 11.3 Å². The number of carbonyl (C=O) groups excluding carboxylic acids is 1. The van der Waals surface area contributed by atoms with Crippen LogP contribution in [0.5, 0.6) is 0 Å². The predicted octanol–water partition coefficient (Wildman–Crippen LogP) is 3.87. The minimum Gasteiger partial charge on any atom is -0.340 e. The van der Waals surface area contributed by atoms with Crippen LogP contribution in [0.25, 0.3) is 16.2 Å². The molecule has 0 radical (unpaired) electrons. The predicted molar refractivity (Wildman–Crippen MR) is 110 cm³/mol. The van der Waals surface area contributed by atoms with Crippen LogP contribution in [-0.4, -0.2) is 58.3 Å². The third-order valence-corrected chi connectivity index (χ3v) is 6.04. The highest BCUT2D eigenvalue weighted by atomic mass is 32.1. The van der Waals surface area contributed by atoms with E-state index in [9.17, 15) is 4.79 Å². The monoisotopic (exact) mass is 382 g/mol. The van der Waals surface area contributed by atoms with E-state index in [4.69, 9.17) is 0 Å². The van der Waals surface area contributed by atoms with Crippen molar-refractivity contribution in [1.82, 2.24) is 19.2 Å². The quantitative estimate of drug-likeness (QED) is 0.650. The van der Waals surface area contributed by atoms with Crippen molar-refractivity contribution in [1.29, 1.82) is 0 Å². The Hall–Kier alpha value is -2.18. The van der Waals surface area contributed by atoms with Crippen LogP contribution in [0.4, 0.5) is 0 Å². The lowest BCUT2D eigenvalue weighted by atomic mass is 10.1.